The van der Waals surface area contributed by atoms with Crippen LogP contribution in [-0.4, -0.2) is 28.9 Å². The number of hydrogen-bond donors (Lipinski definition) is 0. The fraction of sp³-hybridized carbons (Fsp3) is 0.500. The van der Waals surface area contributed by atoms with Crippen molar-refractivity contribution in [2.75, 3.05) is 13.1 Å². The van der Waals surface area contributed by atoms with Gasteiger partial charge in [-0.15, -0.1) is 0 Å². The van der Waals surface area contributed by atoms with Crippen molar-refractivity contribution in [3.8, 4) is 0 Å². The van der Waals surface area contributed by atoms with Gasteiger partial charge >= 0.3 is 0 Å². The largest absolute Gasteiger partial charge is 0.338 e. The molecule has 2 heterocycles. The van der Waals surface area contributed by atoms with Crippen LogP contribution in [0.1, 0.15) is 30.1 Å². The number of piperidine rings is 1. The molecule has 1 aliphatic rings. The average Bonchev–Trinajstić information content (AvgIpc) is 2.26. The van der Waals surface area contributed by atoms with Crippen molar-refractivity contribution in [1.82, 2.24) is 9.88 Å². The standard InChI is InChI=1S/C12H14Br2N2O/c1-8-3-2-4-16(7-8)12(17)9-5-10(13)15-11(14)6-9/h5-6,8H,2-4,7H2,1H3. The van der Waals surface area contributed by atoms with E-state index in [1.807, 2.05) is 4.90 Å². The van der Waals surface area contributed by atoms with Gasteiger partial charge in [0.1, 0.15) is 9.21 Å². The predicted molar refractivity (Wildman–Crippen MR) is 73.9 cm³/mol. The summed E-state index contributed by atoms with van der Waals surface area (Å²) < 4.78 is 1.36. The highest BCUT2D eigenvalue weighted by atomic mass is 79.9. The highest BCUT2D eigenvalue weighted by Gasteiger charge is 2.22. The summed E-state index contributed by atoms with van der Waals surface area (Å²) in [6, 6.07) is 3.54. The average molecular weight is 362 g/mol. The topological polar surface area (TPSA) is 33.2 Å². The van der Waals surface area contributed by atoms with Gasteiger partial charge in [-0.25, -0.2) is 4.98 Å². The molecule has 1 amide bonds. The first-order chi connectivity index (χ1) is 8.06. The van der Waals surface area contributed by atoms with Crippen LogP contribution in [0.2, 0.25) is 0 Å². The van der Waals surface area contributed by atoms with E-state index in [0.29, 0.717) is 20.7 Å². The van der Waals surface area contributed by atoms with Gasteiger partial charge in [-0.3, -0.25) is 4.79 Å². The molecule has 5 heteroatoms. The third kappa shape index (κ3) is 3.28. The molecule has 0 aromatic carbocycles. The third-order valence-corrected chi connectivity index (χ3v) is 3.77. The number of likely N-dealkylation sites (tertiary alicyclic amines) is 1. The van der Waals surface area contributed by atoms with Crippen molar-refractivity contribution >= 4 is 37.8 Å². The molecule has 0 spiro atoms. The summed E-state index contributed by atoms with van der Waals surface area (Å²) in [6.07, 6.45) is 2.31. The smallest absolute Gasteiger partial charge is 0.254 e. The maximum Gasteiger partial charge on any atom is 0.254 e. The van der Waals surface area contributed by atoms with E-state index in [2.05, 4.69) is 43.8 Å². The number of halogens is 2. The van der Waals surface area contributed by atoms with Crippen LogP contribution < -0.4 is 0 Å². The first-order valence-corrected chi connectivity index (χ1v) is 7.27. The number of amides is 1. The lowest BCUT2D eigenvalue weighted by Gasteiger charge is -2.31. The minimum absolute atomic E-state index is 0.0975. The zero-order valence-electron chi connectivity index (χ0n) is 9.62. The minimum atomic E-state index is 0.0975. The lowest BCUT2D eigenvalue weighted by molar-refractivity contribution is 0.0682. The van der Waals surface area contributed by atoms with Crippen LogP contribution in [0.3, 0.4) is 0 Å². The van der Waals surface area contributed by atoms with Crippen molar-refractivity contribution in [3.05, 3.63) is 26.9 Å². The molecule has 0 aliphatic carbocycles. The van der Waals surface area contributed by atoms with Crippen LogP contribution in [-0.2, 0) is 0 Å². The van der Waals surface area contributed by atoms with Gasteiger partial charge in [-0.05, 0) is 62.8 Å². The molecule has 1 fully saturated rings. The summed E-state index contributed by atoms with van der Waals surface area (Å²) in [6.45, 7) is 3.91. The molecule has 1 aliphatic heterocycles. The molecule has 92 valence electrons. The third-order valence-electron chi connectivity index (χ3n) is 2.95. The summed E-state index contributed by atoms with van der Waals surface area (Å²) in [5, 5.41) is 0. The van der Waals surface area contributed by atoms with Gasteiger partial charge in [0.25, 0.3) is 5.91 Å². The Morgan fingerprint density at radius 1 is 1.41 bits per heavy atom. The Bertz CT molecular complexity index is 416. The maximum absolute atomic E-state index is 12.3. The first kappa shape index (κ1) is 13.0. The molecule has 1 atom stereocenters. The second-order valence-electron chi connectivity index (χ2n) is 4.50. The van der Waals surface area contributed by atoms with Gasteiger partial charge in [-0.2, -0.15) is 0 Å². The maximum atomic E-state index is 12.3. The molecule has 0 bridgehead atoms. The summed E-state index contributed by atoms with van der Waals surface area (Å²) in [5.74, 6) is 0.696. The van der Waals surface area contributed by atoms with Gasteiger partial charge < -0.3 is 4.90 Å². The van der Waals surface area contributed by atoms with Gasteiger partial charge in [0.05, 0.1) is 0 Å². The van der Waals surface area contributed by atoms with E-state index in [-0.39, 0.29) is 5.91 Å². The second-order valence-corrected chi connectivity index (χ2v) is 6.12. The lowest BCUT2D eigenvalue weighted by Crippen LogP contribution is -2.39. The van der Waals surface area contributed by atoms with E-state index in [1.54, 1.807) is 12.1 Å². The SMILES string of the molecule is CC1CCCN(C(=O)c2cc(Br)nc(Br)c2)C1. The van der Waals surface area contributed by atoms with E-state index in [1.165, 1.54) is 6.42 Å². The van der Waals surface area contributed by atoms with Crippen molar-refractivity contribution in [2.24, 2.45) is 5.92 Å². The molecule has 1 unspecified atom stereocenters. The summed E-state index contributed by atoms with van der Waals surface area (Å²) >= 11 is 6.61. The van der Waals surface area contributed by atoms with Crippen LogP contribution >= 0.6 is 31.9 Å². The molecule has 0 N–H and O–H groups in total. The second kappa shape index (κ2) is 5.48. The predicted octanol–water partition coefficient (Wildman–Crippen LogP) is 3.48. The van der Waals surface area contributed by atoms with Gasteiger partial charge in [0, 0.05) is 18.7 Å². The lowest BCUT2D eigenvalue weighted by atomic mass is 10.00. The van der Waals surface area contributed by atoms with Crippen molar-refractivity contribution in [3.63, 3.8) is 0 Å². The van der Waals surface area contributed by atoms with Crippen LogP contribution in [0.4, 0.5) is 0 Å². The molecule has 2 rings (SSSR count). The monoisotopic (exact) mass is 360 g/mol. The summed E-state index contributed by atoms with van der Waals surface area (Å²) in [7, 11) is 0. The molecule has 3 nitrogen and oxygen atoms in total. The zero-order valence-corrected chi connectivity index (χ0v) is 12.8. The summed E-state index contributed by atoms with van der Waals surface area (Å²) in [5.41, 5.74) is 0.688. The highest BCUT2D eigenvalue weighted by Crippen LogP contribution is 2.21. The zero-order chi connectivity index (χ0) is 12.4. The fourth-order valence-corrected chi connectivity index (χ4v) is 3.26. The Hall–Kier alpha value is -0.420. The van der Waals surface area contributed by atoms with Crippen molar-refractivity contribution in [2.45, 2.75) is 19.8 Å². The number of hydrogen-bond acceptors (Lipinski definition) is 2. The number of pyridine rings is 1. The van der Waals surface area contributed by atoms with Gasteiger partial charge in [-0.1, -0.05) is 6.92 Å². The van der Waals surface area contributed by atoms with Crippen LogP contribution in [0.15, 0.2) is 21.3 Å². The number of rotatable bonds is 1. The fourth-order valence-electron chi connectivity index (χ4n) is 2.14. The first-order valence-electron chi connectivity index (χ1n) is 5.68. The van der Waals surface area contributed by atoms with E-state index in [9.17, 15) is 4.79 Å². The highest BCUT2D eigenvalue weighted by molar-refractivity contribution is 9.11. The Labute approximate surface area is 118 Å². The Kier molecular flexibility index (Phi) is 4.20. The van der Waals surface area contributed by atoms with Gasteiger partial charge in [0.2, 0.25) is 0 Å². The minimum Gasteiger partial charge on any atom is -0.338 e. The van der Waals surface area contributed by atoms with E-state index >= 15 is 0 Å². The normalized spacial score (nSPS) is 20.4. The molecule has 17 heavy (non-hydrogen) atoms. The van der Waals surface area contributed by atoms with Gasteiger partial charge in [0.15, 0.2) is 0 Å². The quantitative estimate of drug-likeness (QED) is 0.717. The molecule has 1 aromatic rings. The molecule has 1 saturated heterocycles. The number of carbonyl (C=O) groups is 1. The molecule has 0 radical (unpaired) electrons. The molecule has 1 aromatic heterocycles. The van der Waals surface area contributed by atoms with Crippen molar-refractivity contribution in [1.29, 1.82) is 0 Å². The van der Waals surface area contributed by atoms with E-state index in [4.69, 9.17) is 0 Å². The summed E-state index contributed by atoms with van der Waals surface area (Å²) in [4.78, 5) is 18.4. The van der Waals surface area contributed by atoms with Crippen LogP contribution in [0.25, 0.3) is 0 Å². The van der Waals surface area contributed by atoms with Crippen molar-refractivity contribution < 1.29 is 4.79 Å². The van der Waals surface area contributed by atoms with E-state index < -0.39 is 0 Å². The number of aromatic nitrogens is 1. The van der Waals surface area contributed by atoms with Crippen LogP contribution in [0, 0.1) is 5.92 Å². The Morgan fingerprint density at radius 2 is 2.06 bits per heavy atom. The molecular weight excluding hydrogens is 348 g/mol. The Balaban J connectivity index is 2.18. The number of nitrogens with zero attached hydrogens (tertiary/aromatic N) is 2. The van der Waals surface area contributed by atoms with Crippen LogP contribution in [0.5, 0.6) is 0 Å². The Morgan fingerprint density at radius 3 is 2.65 bits per heavy atom. The molecular formula is C12H14Br2N2O. The molecule has 0 saturated carbocycles. The van der Waals surface area contributed by atoms with E-state index in [0.717, 1.165) is 19.5 Å². The number of carbonyl (C=O) groups excluding carboxylic acids is 1.